The van der Waals surface area contributed by atoms with E-state index in [2.05, 4.69) is 35.9 Å². The average Bonchev–Trinajstić information content (AvgIpc) is 3.05. The van der Waals surface area contributed by atoms with Crippen molar-refractivity contribution >= 4 is 23.4 Å². The van der Waals surface area contributed by atoms with E-state index in [1.165, 1.54) is 11.8 Å². The van der Waals surface area contributed by atoms with Gasteiger partial charge in [-0.25, -0.2) is 0 Å². The smallest absolute Gasteiger partial charge is 0.316 e. The Hall–Kier alpha value is -2.34. The van der Waals surface area contributed by atoms with Gasteiger partial charge in [-0.15, -0.1) is 10.2 Å². The normalized spacial score (nSPS) is 22.8. The first kappa shape index (κ1) is 19.0. The predicted octanol–water partition coefficient (Wildman–Crippen LogP) is 4.18. The molecule has 6 heteroatoms. The van der Waals surface area contributed by atoms with E-state index in [9.17, 15) is 4.79 Å². The van der Waals surface area contributed by atoms with Crippen molar-refractivity contribution in [1.82, 2.24) is 14.8 Å². The molecular weight excluding hydrogens is 334 g/mol. The Bertz CT molecular complexity index is 769. The average molecular weight is 357 g/mol. The van der Waals surface area contributed by atoms with E-state index in [0.717, 1.165) is 28.8 Å². The van der Waals surface area contributed by atoms with E-state index in [-0.39, 0.29) is 11.7 Å². The summed E-state index contributed by atoms with van der Waals surface area (Å²) < 4.78 is 6.87. The van der Waals surface area contributed by atoms with Gasteiger partial charge in [-0.05, 0) is 38.0 Å². The van der Waals surface area contributed by atoms with Crippen LogP contribution in [-0.4, -0.2) is 33.1 Å². The third-order valence-electron chi connectivity index (χ3n) is 3.66. The van der Waals surface area contributed by atoms with Crippen molar-refractivity contribution in [3.8, 4) is 0 Å². The Morgan fingerprint density at radius 3 is 2.92 bits per heavy atom. The number of rotatable bonds is 5. The molecular formula is C19H23N3O2S. The molecule has 1 heterocycles. The summed E-state index contributed by atoms with van der Waals surface area (Å²) in [6.07, 6.45) is 12.7. The number of esters is 1. The molecule has 5 nitrogen and oxygen atoms in total. The zero-order valence-electron chi connectivity index (χ0n) is 14.9. The minimum Gasteiger partial charge on any atom is -0.465 e. The van der Waals surface area contributed by atoms with Gasteiger partial charge in [-0.1, -0.05) is 48.2 Å². The van der Waals surface area contributed by atoms with Crippen LogP contribution in [0.1, 0.15) is 27.2 Å². The van der Waals surface area contributed by atoms with Crippen LogP contribution < -0.4 is 0 Å². The largest absolute Gasteiger partial charge is 0.465 e. The number of carbonyl (C=O) groups is 1. The van der Waals surface area contributed by atoms with Crippen LogP contribution >= 0.6 is 11.8 Å². The maximum Gasteiger partial charge on any atom is 0.316 e. The summed E-state index contributed by atoms with van der Waals surface area (Å²) >= 11 is 1.32. The van der Waals surface area contributed by atoms with Gasteiger partial charge in [0.2, 0.25) is 0 Å². The van der Waals surface area contributed by atoms with E-state index < -0.39 is 0 Å². The van der Waals surface area contributed by atoms with Crippen molar-refractivity contribution in [2.24, 2.45) is 0 Å². The highest BCUT2D eigenvalue weighted by Gasteiger charge is 2.12. The van der Waals surface area contributed by atoms with E-state index in [1.807, 2.05) is 29.7 Å². The van der Waals surface area contributed by atoms with Gasteiger partial charge in [0.25, 0.3) is 0 Å². The van der Waals surface area contributed by atoms with Gasteiger partial charge >= 0.3 is 5.97 Å². The Labute approximate surface area is 152 Å². The zero-order valence-corrected chi connectivity index (χ0v) is 15.7. The van der Waals surface area contributed by atoms with Crippen LogP contribution in [0.5, 0.6) is 0 Å². The minimum absolute atomic E-state index is 0.211. The summed E-state index contributed by atoms with van der Waals surface area (Å²) in [6.45, 7) is 10.3. The van der Waals surface area contributed by atoms with Crippen LogP contribution in [0.4, 0.5) is 0 Å². The molecule has 132 valence electrons. The fourth-order valence-electron chi connectivity index (χ4n) is 2.12. The molecule has 0 spiro atoms. The van der Waals surface area contributed by atoms with Crippen molar-refractivity contribution in [3.63, 3.8) is 0 Å². The quantitative estimate of drug-likeness (QED) is 0.584. The van der Waals surface area contributed by atoms with E-state index >= 15 is 0 Å². The van der Waals surface area contributed by atoms with Crippen LogP contribution in [0.15, 0.2) is 65.2 Å². The van der Waals surface area contributed by atoms with Gasteiger partial charge < -0.3 is 4.74 Å². The number of carbonyl (C=O) groups excluding carboxylic acids is 1. The first-order valence-electron chi connectivity index (χ1n) is 8.11. The molecule has 0 unspecified atom stereocenters. The molecule has 0 amide bonds. The zero-order chi connectivity index (χ0) is 18.2. The third-order valence-corrected chi connectivity index (χ3v) is 4.58. The van der Waals surface area contributed by atoms with Crippen LogP contribution in [0.3, 0.4) is 0 Å². The van der Waals surface area contributed by atoms with Crippen LogP contribution in [-0.2, 0) is 9.53 Å². The maximum absolute atomic E-state index is 11.6. The standard InChI is InChI=1S/C19H23N3O2S/c1-5-24-18(23)12-25-19-21-20-13-22(19)17-10-7-14(2)6-8-15(3)16(4)9-11-17/h6-9,11,13H,3,5,10,12H2,1-2,4H3/b8-6-,14-7-,16-9-,17-11+. The summed E-state index contributed by atoms with van der Waals surface area (Å²) in [4.78, 5) is 11.6. The highest BCUT2D eigenvalue weighted by atomic mass is 32.2. The van der Waals surface area contributed by atoms with Gasteiger partial charge in [-0.3, -0.25) is 9.36 Å². The van der Waals surface area contributed by atoms with Crippen molar-refractivity contribution < 1.29 is 9.53 Å². The van der Waals surface area contributed by atoms with Gasteiger partial charge in [0, 0.05) is 12.1 Å². The molecule has 1 aromatic heterocycles. The first-order valence-corrected chi connectivity index (χ1v) is 9.10. The van der Waals surface area contributed by atoms with Gasteiger partial charge in [0.15, 0.2) is 5.16 Å². The number of hydrogen-bond acceptors (Lipinski definition) is 5. The fourth-order valence-corrected chi connectivity index (χ4v) is 2.86. The topological polar surface area (TPSA) is 57.0 Å². The number of ether oxygens (including phenoxy) is 1. The summed E-state index contributed by atoms with van der Waals surface area (Å²) in [5.41, 5.74) is 4.26. The predicted molar refractivity (Wildman–Crippen MR) is 102 cm³/mol. The Morgan fingerprint density at radius 1 is 1.36 bits per heavy atom. The van der Waals surface area contributed by atoms with Crippen molar-refractivity contribution in [3.05, 3.63) is 60.0 Å². The van der Waals surface area contributed by atoms with Crippen LogP contribution in [0.25, 0.3) is 5.70 Å². The van der Waals surface area contributed by atoms with Crippen LogP contribution in [0, 0.1) is 0 Å². The number of allylic oxidation sites excluding steroid dienone is 9. The summed E-state index contributed by atoms with van der Waals surface area (Å²) in [5.74, 6) is -0.0433. The van der Waals surface area contributed by atoms with Crippen molar-refractivity contribution in [2.45, 2.75) is 32.3 Å². The lowest BCUT2D eigenvalue weighted by molar-refractivity contribution is -0.139. The Kier molecular flexibility index (Phi) is 7.01. The fraction of sp³-hybridized carbons (Fsp3) is 0.316. The van der Waals surface area contributed by atoms with Crippen LogP contribution in [0.2, 0.25) is 0 Å². The monoisotopic (exact) mass is 357 g/mol. The van der Waals surface area contributed by atoms with Gasteiger partial charge in [-0.2, -0.15) is 0 Å². The molecule has 0 saturated carbocycles. The molecule has 0 N–H and O–H groups in total. The second-order valence-electron chi connectivity index (χ2n) is 5.60. The lowest BCUT2D eigenvalue weighted by Gasteiger charge is -2.10. The molecule has 1 aliphatic carbocycles. The van der Waals surface area contributed by atoms with E-state index in [4.69, 9.17) is 4.74 Å². The molecule has 1 aliphatic rings. The highest BCUT2D eigenvalue weighted by molar-refractivity contribution is 7.99. The molecule has 0 fully saturated rings. The van der Waals surface area contributed by atoms with Gasteiger partial charge in [0.1, 0.15) is 6.33 Å². The SMILES string of the molecule is C=C1/C=C\C(C)=C/C/C(n2cnnc2SCC(=O)OCC)=C\C=C/1C. The second kappa shape index (κ2) is 9.22. The van der Waals surface area contributed by atoms with Crippen molar-refractivity contribution in [1.29, 1.82) is 0 Å². The highest BCUT2D eigenvalue weighted by Crippen LogP contribution is 2.23. The number of nitrogens with zero attached hydrogens (tertiary/aromatic N) is 3. The molecule has 25 heavy (non-hydrogen) atoms. The Morgan fingerprint density at radius 2 is 2.16 bits per heavy atom. The summed E-state index contributed by atoms with van der Waals surface area (Å²) in [6, 6.07) is 0. The molecule has 0 aromatic carbocycles. The lowest BCUT2D eigenvalue weighted by atomic mass is 10.0. The molecule has 0 aliphatic heterocycles. The molecule has 2 rings (SSSR count). The van der Waals surface area contributed by atoms with E-state index in [1.54, 1.807) is 13.3 Å². The molecule has 0 radical (unpaired) electrons. The first-order chi connectivity index (χ1) is 12.0. The second-order valence-corrected chi connectivity index (χ2v) is 6.54. The minimum atomic E-state index is -0.255. The molecule has 0 saturated heterocycles. The van der Waals surface area contributed by atoms with Gasteiger partial charge in [0.05, 0.1) is 12.4 Å². The summed E-state index contributed by atoms with van der Waals surface area (Å²) in [5, 5.41) is 8.79. The summed E-state index contributed by atoms with van der Waals surface area (Å²) in [7, 11) is 0. The number of hydrogen-bond donors (Lipinski definition) is 0. The molecule has 0 atom stereocenters. The number of aromatic nitrogens is 3. The number of thioether (sulfide) groups is 1. The Balaban J connectivity index is 2.27. The molecule has 1 aromatic rings. The lowest BCUT2D eigenvalue weighted by Crippen LogP contribution is -2.08. The molecule has 0 bridgehead atoms. The van der Waals surface area contributed by atoms with E-state index in [0.29, 0.717) is 11.8 Å². The van der Waals surface area contributed by atoms with Crippen molar-refractivity contribution in [2.75, 3.05) is 12.4 Å². The maximum atomic E-state index is 11.6. The third kappa shape index (κ3) is 5.60.